The molecule has 0 bridgehead atoms. The van der Waals surface area contributed by atoms with Crippen molar-refractivity contribution in [2.24, 2.45) is 0 Å². The number of anilines is 2. The summed E-state index contributed by atoms with van der Waals surface area (Å²) in [5.41, 5.74) is 1.58. The summed E-state index contributed by atoms with van der Waals surface area (Å²) in [4.78, 5) is 33.9. The number of nitro groups is 1. The molecule has 0 saturated heterocycles. The first kappa shape index (κ1) is 16.2. The number of aryl methyl sites for hydroxylation is 1. The van der Waals surface area contributed by atoms with Crippen LogP contribution >= 0.6 is 0 Å². The number of nitrogens with zero attached hydrogens (tertiary/aromatic N) is 1. The molecule has 0 aliphatic carbocycles. The van der Waals surface area contributed by atoms with Gasteiger partial charge in [-0.1, -0.05) is 18.2 Å². The van der Waals surface area contributed by atoms with Crippen molar-refractivity contribution in [2.75, 3.05) is 10.6 Å². The molecule has 0 aromatic heterocycles. The van der Waals surface area contributed by atoms with Crippen LogP contribution in [0.5, 0.6) is 0 Å². The zero-order valence-electron chi connectivity index (χ0n) is 12.6. The molecule has 0 saturated carbocycles. The number of nitro benzene ring substituents is 1. The van der Waals surface area contributed by atoms with Gasteiger partial charge in [0.2, 0.25) is 5.91 Å². The molecule has 2 amide bonds. The maximum absolute atomic E-state index is 12.4. The Morgan fingerprint density at radius 3 is 2.39 bits per heavy atom. The van der Waals surface area contributed by atoms with E-state index in [-0.39, 0.29) is 17.2 Å². The molecule has 7 nitrogen and oxygen atoms in total. The van der Waals surface area contributed by atoms with Gasteiger partial charge in [0, 0.05) is 19.1 Å². The minimum Gasteiger partial charge on any atom is -0.326 e. The van der Waals surface area contributed by atoms with Crippen LogP contribution in [0.25, 0.3) is 0 Å². The SMILES string of the molecule is CC(=O)Nc1ccccc1C(=O)Nc1cc([N+](=O)[O-])ccc1C. The Morgan fingerprint density at radius 2 is 1.74 bits per heavy atom. The summed E-state index contributed by atoms with van der Waals surface area (Å²) in [5, 5.41) is 16.1. The predicted molar refractivity (Wildman–Crippen MR) is 86.5 cm³/mol. The molecule has 0 spiro atoms. The van der Waals surface area contributed by atoms with Gasteiger partial charge in [-0.2, -0.15) is 0 Å². The van der Waals surface area contributed by atoms with Crippen molar-refractivity contribution in [1.29, 1.82) is 0 Å². The van der Waals surface area contributed by atoms with Gasteiger partial charge in [-0.25, -0.2) is 0 Å². The Hall–Kier alpha value is -3.22. The van der Waals surface area contributed by atoms with E-state index in [9.17, 15) is 19.7 Å². The van der Waals surface area contributed by atoms with Crippen LogP contribution in [0.3, 0.4) is 0 Å². The lowest BCUT2D eigenvalue weighted by molar-refractivity contribution is -0.384. The average Bonchev–Trinajstić information content (AvgIpc) is 2.49. The molecule has 0 heterocycles. The summed E-state index contributed by atoms with van der Waals surface area (Å²) in [5.74, 6) is -0.755. The molecule has 0 aliphatic heterocycles. The Balaban J connectivity index is 2.31. The average molecular weight is 313 g/mol. The number of hydrogen-bond donors (Lipinski definition) is 2. The Labute approximate surface area is 132 Å². The van der Waals surface area contributed by atoms with Crippen molar-refractivity contribution >= 4 is 28.9 Å². The number of non-ortho nitro benzene ring substituents is 1. The van der Waals surface area contributed by atoms with E-state index >= 15 is 0 Å². The highest BCUT2D eigenvalue weighted by molar-refractivity contribution is 6.10. The maximum Gasteiger partial charge on any atom is 0.271 e. The highest BCUT2D eigenvalue weighted by Crippen LogP contribution is 2.23. The van der Waals surface area contributed by atoms with E-state index in [4.69, 9.17) is 0 Å². The summed E-state index contributed by atoms with van der Waals surface area (Å²) in [7, 11) is 0. The van der Waals surface area contributed by atoms with E-state index in [2.05, 4.69) is 10.6 Å². The second-order valence-corrected chi connectivity index (χ2v) is 4.94. The first-order chi connectivity index (χ1) is 10.9. The highest BCUT2D eigenvalue weighted by atomic mass is 16.6. The minimum atomic E-state index is -0.527. The van der Waals surface area contributed by atoms with Crippen LogP contribution in [-0.2, 0) is 4.79 Å². The van der Waals surface area contributed by atoms with Crippen molar-refractivity contribution in [3.05, 3.63) is 63.7 Å². The Morgan fingerprint density at radius 1 is 1.04 bits per heavy atom. The van der Waals surface area contributed by atoms with Crippen molar-refractivity contribution < 1.29 is 14.5 Å². The van der Waals surface area contributed by atoms with Crippen LogP contribution < -0.4 is 10.6 Å². The first-order valence-electron chi connectivity index (χ1n) is 6.81. The fraction of sp³-hybridized carbons (Fsp3) is 0.125. The van der Waals surface area contributed by atoms with Crippen molar-refractivity contribution in [2.45, 2.75) is 13.8 Å². The van der Waals surface area contributed by atoms with E-state index in [1.165, 1.54) is 19.1 Å². The van der Waals surface area contributed by atoms with Gasteiger partial charge in [0.1, 0.15) is 0 Å². The molecule has 2 N–H and O–H groups in total. The van der Waals surface area contributed by atoms with Crippen LogP contribution in [0.2, 0.25) is 0 Å². The van der Waals surface area contributed by atoms with E-state index in [0.717, 1.165) is 0 Å². The third-order valence-corrected chi connectivity index (χ3v) is 3.16. The number of amides is 2. The van der Waals surface area contributed by atoms with Gasteiger partial charge in [-0.3, -0.25) is 19.7 Å². The molecule has 7 heteroatoms. The zero-order valence-corrected chi connectivity index (χ0v) is 12.6. The number of hydrogen-bond acceptors (Lipinski definition) is 4. The van der Waals surface area contributed by atoms with Crippen LogP contribution in [0.1, 0.15) is 22.8 Å². The third kappa shape index (κ3) is 3.91. The largest absolute Gasteiger partial charge is 0.326 e. The molecule has 0 atom stereocenters. The molecule has 0 radical (unpaired) electrons. The molecule has 2 aromatic carbocycles. The van der Waals surface area contributed by atoms with Crippen molar-refractivity contribution in [3.8, 4) is 0 Å². The van der Waals surface area contributed by atoms with E-state index in [0.29, 0.717) is 16.9 Å². The Kier molecular flexibility index (Phi) is 4.70. The van der Waals surface area contributed by atoms with Gasteiger partial charge >= 0.3 is 0 Å². The third-order valence-electron chi connectivity index (χ3n) is 3.16. The predicted octanol–water partition coefficient (Wildman–Crippen LogP) is 3.11. The molecule has 0 fully saturated rings. The second-order valence-electron chi connectivity index (χ2n) is 4.94. The van der Waals surface area contributed by atoms with Crippen LogP contribution in [-0.4, -0.2) is 16.7 Å². The maximum atomic E-state index is 12.4. The van der Waals surface area contributed by atoms with Gasteiger partial charge in [-0.05, 0) is 24.6 Å². The van der Waals surface area contributed by atoms with E-state index < -0.39 is 10.8 Å². The highest BCUT2D eigenvalue weighted by Gasteiger charge is 2.15. The number of nitrogens with one attached hydrogen (secondary N) is 2. The van der Waals surface area contributed by atoms with Gasteiger partial charge in [0.25, 0.3) is 11.6 Å². The molecule has 118 valence electrons. The summed E-state index contributed by atoms with van der Waals surface area (Å²) in [6, 6.07) is 10.8. The standard InChI is InChI=1S/C16H15N3O4/c1-10-7-8-12(19(22)23)9-15(10)18-16(21)13-5-3-4-6-14(13)17-11(2)20/h3-9H,1-2H3,(H,17,20)(H,18,21). The molecule has 2 aromatic rings. The summed E-state index contributed by atoms with van der Waals surface area (Å²) in [6.07, 6.45) is 0. The lowest BCUT2D eigenvalue weighted by Crippen LogP contribution is -2.17. The van der Waals surface area contributed by atoms with Gasteiger partial charge in [0.05, 0.1) is 21.9 Å². The number of benzene rings is 2. The van der Waals surface area contributed by atoms with Crippen molar-refractivity contribution in [3.63, 3.8) is 0 Å². The van der Waals surface area contributed by atoms with Crippen LogP contribution in [0, 0.1) is 17.0 Å². The minimum absolute atomic E-state index is 0.110. The lowest BCUT2D eigenvalue weighted by Gasteiger charge is -2.11. The van der Waals surface area contributed by atoms with Crippen LogP contribution in [0.15, 0.2) is 42.5 Å². The molecule has 23 heavy (non-hydrogen) atoms. The normalized spacial score (nSPS) is 10.0. The van der Waals surface area contributed by atoms with Gasteiger partial charge < -0.3 is 10.6 Å². The topological polar surface area (TPSA) is 101 Å². The lowest BCUT2D eigenvalue weighted by atomic mass is 10.1. The van der Waals surface area contributed by atoms with E-state index in [1.54, 1.807) is 37.3 Å². The van der Waals surface area contributed by atoms with Gasteiger partial charge in [0.15, 0.2) is 0 Å². The number of rotatable bonds is 4. The molecular formula is C16H15N3O4. The van der Waals surface area contributed by atoms with Gasteiger partial charge in [-0.15, -0.1) is 0 Å². The van der Waals surface area contributed by atoms with Crippen molar-refractivity contribution in [1.82, 2.24) is 0 Å². The smallest absolute Gasteiger partial charge is 0.271 e. The molecular weight excluding hydrogens is 298 g/mol. The molecule has 0 aliphatic rings. The quantitative estimate of drug-likeness (QED) is 0.668. The second kappa shape index (κ2) is 6.69. The molecule has 2 rings (SSSR count). The fourth-order valence-electron chi connectivity index (χ4n) is 2.03. The summed E-state index contributed by atoms with van der Waals surface area (Å²) >= 11 is 0. The van der Waals surface area contributed by atoms with E-state index in [1.807, 2.05) is 0 Å². The fourth-order valence-corrected chi connectivity index (χ4v) is 2.03. The monoisotopic (exact) mass is 313 g/mol. The molecule has 0 unspecified atom stereocenters. The van der Waals surface area contributed by atoms with Crippen LogP contribution in [0.4, 0.5) is 17.1 Å². The first-order valence-corrected chi connectivity index (χ1v) is 6.81. The summed E-state index contributed by atoms with van der Waals surface area (Å²) < 4.78 is 0. The Bertz CT molecular complexity index is 787. The zero-order chi connectivity index (χ0) is 17.0. The summed E-state index contributed by atoms with van der Waals surface area (Å²) in [6.45, 7) is 3.08. The number of carbonyl (C=O) groups excluding carboxylic acids is 2. The number of para-hydroxylation sites is 1. The number of carbonyl (C=O) groups is 2.